The molecule has 91 heavy (non-hydrogen) atoms. The minimum atomic E-state index is -3.85. The fraction of sp³-hybridized carbons (Fsp3) is 0.533. The Balaban J connectivity index is 0.000000214. The summed E-state index contributed by atoms with van der Waals surface area (Å²) in [6, 6.07) is 12.8. The van der Waals surface area contributed by atoms with Crippen molar-refractivity contribution in [3.8, 4) is 0 Å². The monoisotopic (exact) mass is 1360 g/mol. The number of likely N-dealkylation sites (tertiary alicyclic amines) is 2. The topological polar surface area (TPSA) is 297 Å². The first kappa shape index (κ1) is 69.9. The van der Waals surface area contributed by atoms with Gasteiger partial charge in [-0.2, -0.15) is 35.6 Å². The number of nitrogens with two attached hydrogens (primary N) is 1. The zero-order chi connectivity index (χ0) is 66.7. The molecule has 4 atom stereocenters. The van der Waals surface area contributed by atoms with Gasteiger partial charge >= 0.3 is 22.4 Å². The van der Waals surface area contributed by atoms with E-state index in [4.69, 9.17) is 69.3 Å². The van der Waals surface area contributed by atoms with Gasteiger partial charge in [0.05, 0.1) is 52.4 Å². The second kappa shape index (κ2) is 28.5. The average molecular weight is 1360 g/mol. The maximum Gasteiger partial charge on any atom is 0.407 e. The fourth-order valence-corrected chi connectivity index (χ4v) is 12.1. The van der Waals surface area contributed by atoms with Crippen LogP contribution in [0.2, 0.25) is 10.0 Å². The predicted molar refractivity (Wildman–Crippen MR) is 353 cm³/mol. The van der Waals surface area contributed by atoms with E-state index >= 15 is 0 Å². The van der Waals surface area contributed by atoms with Gasteiger partial charge in [-0.15, -0.1) is 0 Å². The first-order valence-electron chi connectivity index (χ1n) is 30.1. The summed E-state index contributed by atoms with van der Waals surface area (Å²) < 4.78 is 64.0. The number of aryl methyl sites for hydroxylation is 2. The van der Waals surface area contributed by atoms with E-state index in [9.17, 15) is 36.0 Å². The van der Waals surface area contributed by atoms with Gasteiger partial charge in [-0.1, -0.05) is 23.2 Å². The molecule has 4 amide bonds. The molecule has 6 aromatic rings. The van der Waals surface area contributed by atoms with E-state index in [2.05, 4.69) is 25.2 Å². The molecule has 0 unspecified atom stereocenters. The van der Waals surface area contributed by atoms with Crippen LogP contribution in [0.15, 0.2) is 60.9 Å². The highest BCUT2D eigenvalue weighted by atomic mass is 35.7. The molecule has 26 nitrogen and oxygen atoms in total. The van der Waals surface area contributed by atoms with Gasteiger partial charge in [0.2, 0.25) is 0 Å². The summed E-state index contributed by atoms with van der Waals surface area (Å²) in [5, 5.41) is 16.4. The van der Waals surface area contributed by atoms with Crippen molar-refractivity contribution in [1.29, 1.82) is 0 Å². The molecule has 4 aromatic heterocycles. The second-order valence-electron chi connectivity index (χ2n) is 25.5. The number of carbonyl (C=O) groups excluding carboxylic acids is 4. The van der Waals surface area contributed by atoms with Crippen molar-refractivity contribution in [2.45, 2.75) is 142 Å². The van der Waals surface area contributed by atoms with Gasteiger partial charge in [0, 0.05) is 130 Å². The average Bonchev–Trinajstić information content (AvgIpc) is 1.75. The molecule has 31 heteroatoms. The zero-order valence-corrected chi connectivity index (χ0v) is 57.4. The lowest BCUT2D eigenvalue weighted by Gasteiger charge is -2.35. The fourth-order valence-electron chi connectivity index (χ4n) is 11.1. The van der Waals surface area contributed by atoms with Crippen molar-refractivity contribution in [1.82, 2.24) is 58.2 Å². The number of nitrogens with one attached hydrogen (secondary N) is 3. The van der Waals surface area contributed by atoms with Gasteiger partial charge in [-0.25, -0.2) is 28.6 Å². The second-order valence-corrected chi connectivity index (χ2v) is 30.9. The third-order valence-corrected chi connectivity index (χ3v) is 19.1. The Hall–Kier alpha value is -6.95. The van der Waals surface area contributed by atoms with Crippen LogP contribution >= 0.6 is 33.9 Å². The van der Waals surface area contributed by atoms with Crippen LogP contribution in [-0.2, 0) is 28.9 Å². The molecule has 10 rings (SSSR count). The molecule has 0 spiro atoms. The SMILES string of the molecule is CN(C)S(=O)(=O)Cl.Cc1cn2nc([C@@H]3CCCCN3C(=O)c3cc(Cl)ccc3N)cc2nc1N1CC[C@H](NC(=O)OC(C)(C)C)C1.Cc1cn2nc([C@@H]3CCCCN3C(=O)c3cc(Cl)ccc3NS(=O)(=O)N(C)C)cc2nc1N1CC[C@H](NC(=O)OC(C)(C)C)C1. The standard InChI is InChI=1S/C30H41ClN8O5S.C28H36ClN7O3.C2H6ClNO2S/c1-19-17-39-26(33-27(19)37-14-12-21(18-37)32-29(41)44-30(2,3)4)16-24(34-39)25-9-7-8-13-38(25)28(40)22-15-20(31)10-11-23(22)35-45(42,43)36(5)6;1-17-15-36-24(32-25(17)34-12-10-19(16-34)31-27(38)39-28(2,3)4)14-22(33-36)23-7-5-6-11-35(23)26(37)20-13-18(29)8-9-21(20)30;1-4(2)7(3,5)6/h10-11,15-17,21,25,35H,7-9,12-14,18H2,1-6H3,(H,32,41);8-9,13-15,19,23H,5-7,10-12,16,30H2,1-4H3,(H,31,38);1-2H3/t21-,25-;19-,23-;/m00./s1. The van der Waals surface area contributed by atoms with Crippen molar-refractivity contribution < 1.29 is 45.5 Å². The number of alkyl carbamates (subject to hydrolysis) is 2. The Morgan fingerprint density at radius 1 is 0.604 bits per heavy atom. The molecule has 4 fully saturated rings. The Labute approximate surface area is 546 Å². The molecule has 0 saturated carbocycles. The lowest BCUT2D eigenvalue weighted by Crippen LogP contribution is -2.40. The number of piperidine rings is 2. The number of halogens is 3. The van der Waals surface area contributed by atoms with Crippen LogP contribution in [0.25, 0.3) is 11.3 Å². The Morgan fingerprint density at radius 3 is 1.44 bits per heavy atom. The summed E-state index contributed by atoms with van der Waals surface area (Å²) in [6.07, 6.45) is 9.80. The van der Waals surface area contributed by atoms with Gasteiger partial charge in [0.25, 0.3) is 21.1 Å². The number of fused-ring (bicyclic) bond motifs is 2. The number of ether oxygens (including phenoxy) is 2. The lowest BCUT2D eigenvalue weighted by molar-refractivity contribution is 0.0497. The summed E-state index contributed by atoms with van der Waals surface area (Å²) in [5.41, 5.74) is 11.0. The first-order valence-corrected chi connectivity index (χ1v) is 34.5. The third kappa shape index (κ3) is 18.0. The highest BCUT2D eigenvalue weighted by Gasteiger charge is 2.36. The van der Waals surface area contributed by atoms with Crippen LogP contribution in [0, 0.1) is 13.8 Å². The van der Waals surface area contributed by atoms with E-state index in [1.165, 1.54) is 40.3 Å². The summed E-state index contributed by atoms with van der Waals surface area (Å²) >= 11 is 12.4. The molecular weight excluding hydrogens is 1280 g/mol. The van der Waals surface area contributed by atoms with Gasteiger partial charge in [0.15, 0.2) is 11.3 Å². The highest BCUT2D eigenvalue weighted by Crippen LogP contribution is 2.37. The van der Waals surface area contributed by atoms with Crippen LogP contribution < -0.4 is 30.9 Å². The molecule has 5 N–H and O–H groups in total. The normalized spacial score (nSPS) is 19.0. The molecule has 496 valence electrons. The molecule has 2 aromatic carbocycles. The number of hydrogen-bond donors (Lipinski definition) is 4. The number of benzene rings is 2. The number of nitrogen functional groups attached to an aromatic ring is 1. The summed E-state index contributed by atoms with van der Waals surface area (Å²) in [4.78, 5) is 69.9. The number of hydrogen-bond acceptors (Lipinski definition) is 17. The van der Waals surface area contributed by atoms with Gasteiger partial charge in [-0.3, -0.25) is 14.3 Å². The summed E-state index contributed by atoms with van der Waals surface area (Å²) in [6.45, 7) is 18.9. The minimum Gasteiger partial charge on any atom is -0.444 e. The molecule has 0 radical (unpaired) electrons. The number of nitrogens with zero attached hydrogens (tertiary/aromatic N) is 12. The van der Waals surface area contributed by atoms with Crippen LogP contribution in [0.4, 0.5) is 32.6 Å². The van der Waals surface area contributed by atoms with E-state index in [1.54, 1.807) is 38.2 Å². The van der Waals surface area contributed by atoms with Crippen LogP contribution in [-0.4, -0.2) is 179 Å². The molecule has 0 bridgehead atoms. The predicted octanol–water partition coefficient (Wildman–Crippen LogP) is 9.16. The van der Waals surface area contributed by atoms with Gasteiger partial charge in [-0.05, 0) is 143 Å². The van der Waals surface area contributed by atoms with Crippen LogP contribution in [0.1, 0.15) is 148 Å². The van der Waals surface area contributed by atoms with Crippen molar-refractivity contribution >= 4 is 112 Å². The molecule has 4 saturated heterocycles. The maximum absolute atomic E-state index is 14.0. The van der Waals surface area contributed by atoms with E-state index in [0.29, 0.717) is 65.2 Å². The zero-order valence-electron chi connectivity index (χ0n) is 53.5. The molecule has 4 aliphatic rings. The van der Waals surface area contributed by atoms with E-state index in [0.717, 1.165) is 101 Å². The number of rotatable bonds is 12. The molecular formula is C60H83Cl3N16O10S2. The Morgan fingerprint density at radius 2 is 1.02 bits per heavy atom. The quantitative estimate of drug-likeness (QED) is 0.0655. The minimum absolute atomic E-state index is 0.0153. The largest absolute Gasteiger partial charge is 0.444 e. The molecule has 0 aliphatic carbocycles. The van der Waals surface area contributed by atoms with E-state index in [-0.39, 0.29) is 47.2 Å². The van der Waals surface area contributed by atoms with Gasteiger partial charge < -0.3 is 45.4 Å². The number of aromatic nitrogens is 6. The van der Waals surface area contributed by atoms with Crippen molar-refractivity contribution in [2.75, 3.05) is 87.7 Å². The number of anilines is 4. The highest BCUT2D eigenvalue weighted by molar-refractivity contribution is 8.11. The van der Waals surface area contributed by atoms with E-state index < -0.39 is 42.8 Å². The Kier molecular flexibility index (Phi) is 21.9. The van der Waals surface area contributed by atoms with E-state index in [1.807, 2.05) is 84.8 Å². The van der Waals surface area contributed by atoms with Crippen molar-refractivity contribution in [3.05, 3.63) is 105 Å². The third-order valence-electron chi connectivity index (χ3n) is 15.5. The smallest absolute Gasteiger partial charge is 0.407 e. The maximum atomic E-state index is 14.0. The first-order chi connectivity index (χ1) is 42.5. The number of amides is 4. The van der Waals surface area contributed by atoms with Gasteiger partial charge in [0.1, 0.15) is 22.8 Å². The van der Waals surface area contributed by atoms with Crippen molar-refractivity contribution in [2.24, 2.45) is 0 Å². The summed E-state index contributed by atoms with van der Waals surface area (Å²) in [5.74, 6) is 1.21. The molecule has 4 aliphatic heterocycles. The van der Waals surface area contributed by atoms with Crippen LogP contribution in [0.5, 0.6) is 0 Å². The summed E-state index contributed by atoms with van der Waals surface area (Å²) in [7, 11) is 3.03. The lowest BCUT2D eigenvalue weighted by atomic mass is 9.98. The number of carbonyl (C=O) groups is 4. The Bertz CT molecular complexity index is 3890. The molecule has 8 heterocycles. The van der Waals surface area contributed by atoms with Crippen molar-refractivity contribution in [3.63, 3.8) is 0 Å². The van der Waals surface area contributed by atoms with Crippen LogP contribution in [0.3, 0.4) is 0 Å².